The van der Waals surface area contributed by atoms with Crippen molar-refractivity contribution in [2.45, 2.75) is 13.0 Å². The molecule has 11 heteroatoms. The van der Waals surface area contributed by atoms with Crippen LogP contribution in [0.25, 0.3) is 22.5 Å². The van der Waals surface area contributed by atoms with Gasteiger partial charge in [-0.3, -0.25) is 4.79 Å². The molecule has 9 nitrogen and oxygen atoms in total. The van der Waals surface area contributed by atoms with E-state index in [2.05, 4.69) is 31.3 Å². The molecule has 0 radical (unpaired) electrons. The van der Waals surface area contributed by atoms with Crippen molar-refractivity contribution in [1.29, 1.82) is 0 Å². The minimum Gasteiger partial charge on any atom is -0.377 e. The topological polar surface area (TPSA) is 111 Å². The molecule has 1 atom stereocenters. The number of nitrogens with one attached hydrogen (secondary N) is 2. The number of tetrazole rings is 1. The summed E-state index contributed by atoms with van der Waals surface area (Å²) in [4.78, 5) is 12.5. The molecule has 1 amide bonds. The number of rotatable bonds is 7. The number of amides is 1. The normalized spacial score (nSPS) is 11.8. The van der Waals surface area contributed by atoms with Gasteiger partial charge in [0.15, 0.2) is 5.82 Å². The van der Waals surface area contributed by atoms with Crippen LogP contribution in [0.3, 0.4) is 0 Å². The standard InChI is InChI=1S/C26H21ClFN7O2/c1-15(30-21-8-4-6-19(27)24(21)31-26(36)22-13-14-29-37-22)16-9-11-17(12-10-16)18-5-3-7-20(28)23(18)25-32-33-34-35(25)2/h3-15,30H,1-2H3,(H,31,36). The highest BCUT2D eigenvalue weighted by molar-refractivity contribution is 6.34. The zero-order chi connectivity index (χ0) is 25.9. The summed E-state index contributed by atoms with van der Waals surface area (Å²) in [5.41, 5.74) is 3.86. The SMILES string of the molecule is CC(Nc1cccc(Cl)c1NC(=O)c1ccno1)c1ccc(-c2cccc(F)c2-c2nnnn2C)cc1. The molecular weight excluding hydrogens is 497 g/mol. The van der Waals surface area contributed by atoms with Crippen molar-refractivity contribution in [3.05, 3.63) is 95.1 Å². The van der Waals surface area contributed by atoms with Crippen LogP contribution in [0.15, 0.2) is 77.4 Å². The lowest BCUT2D eigenvalue weighted by atomic mass is 9.96. The van der Waals surface area contributed by atoms with E-state index in [1.807, 2.05) is 43.3 Å². The number of nitrogens with zero attached hydrogens (tertiary/aromatic N) is 5. The van der Waals surface area contributed by atoms with Gasteiger partial charge in [-0.2, -0.15) is 0 Å². The Morgan fingerprint density at radius 3 is 2.57 bits per heavy atom. The fourth-order valence-electron chi connectivity index (χ4n) is 3.98. The highest BCUT2D eigenvalue weighted by Gasteiger charge is 2.19. The summed E-state index contributed by atoms with van der Waals surface area (Å²) in [6.07, 6.45) is 1.39. The third-order valence-corrected chi connectivity index (χ3v) is 6.18. The Morgan fingerprint density at radius 1 is 1.08 bits per heavy atom. The lowest BCUT2D eigenvalue weighted by Crippen LogP contribution is -2.14. The molecular formula is C26H21ClFN7O2. The summed E-state index contributed by atoms with van der Waals surface area (Å²) in [6.45, 7) is 1.98. The molecule has 2 aromatic heterocycles. The van der Waals surface area contributed by atoms with Crippen LogP contribution in [-0.4, -0.2) is 31.3 Å². The molecule has 0 spiro atoms. The molecule has 0 aliphatic heterocycles. The van der Waals surface area contributed by atoms with E-state index in [0.717, 1.165) is 11.1 Å². The second-order valence-electron chi connectivity index (χ2n) is 8.27. The highest BCUT2D eigenvalue weighted by atomic mass is 35.5. The Kier molecular flexibility index (Phi) is 6.65. The summed E-state index contributed by atoms with van der Waals surface area (Å²) in [5.74, 6) is -0.457. The number of carbonyl (C=O) groups is 1. The van der Waals surface area contributed by atoms with E-state index in [4.69, 9.17) is 16.1 Å². The lowest BCUT2D eigenvalue weighted by molar-refractivity contribution is 0.0988. The molecule has 0 saturated carbocycles. The summed E-state index contributed by atoms with van der Waals surface area (Å²) in [7, 11) is 1.67. The summed E-state index contributed by atoms with van der Waals surface area (Å²) < 4.78 is 21.2. The number of benzene rings is 3. The van der Waals surface area contributed by atoms with Crippen molar-refractivity contribution in [2.75, 3.05) is 10.6 Å². The van der Waals surface area contributed by atoms with E-state index in [0.29, 0.717) is 33.3 Å². The van der Waals surface area contributed by atoms with Crippen molar-refractivity contribution < 1.29 is 13.7 Å². The largest absolute Gasteiger partial charge is 0.377 e. The molecule has 186 valence electrons. The minimum absolute atomic E-state index is 0.0725. The number of carbonyl (C=O) groups excluding carboxylic acids is 1. The molecule has 2 N–H and O–H groups in total. The van der Waals surface area contributed by atoms with Gasteiger partial charge in [-0.05, 0) is 52.2 Å². The minimum atomic E-state index is -0.463. The Balaban J connectivity index is 1.39. The van der Waals surface area contributed by atoms with Crippen LogP contribution < -0.4 is 10.6 Å². The molecule has 2 heterocycles. The number of para-hydroxylation sites is 1. The number of anilines is 2. The van der Waals surface area contributed by atoms with Gasteiger partial charge in [-0.15, -0.1) is 5.10 Å². The smallest absolute Gasteiger partial charge is 0.294 e. The van der Waals surface area contributed by atoms with Crippen molar-refractivity contribution in [2.24, 2.45) is 7.05 Å². The number of aromatic nitrogens is 5. The van der Waals surface area contributed by atoms with E-state index in [1.54, 1.807) is 25.2 Å². The Morgan fingerprint density at radius 2 is 1.86 bits per heavy atom. The number of aryl methyl sites for hydroxylation is 1. The fourth-order valence-corrected chi connectivity index (χ4v) is 4.20. The second-order valence-corrected chi connectivity index (χ2v) is 8.68. The van der Waals surface area contributed by atoms with Crippen LogP contribution in [0.2, 0.25) is 5.02 Å². The molecule has 0 bridgehead atoms. The summed E-state index contributed by atoms with van der Waals surface area (Å²) in [5, 5.41) is 21.6. The molecule has 5 aromatic rings. The molecule has 0 aliphatic rings. The zero-order valence-electron chi connectivity index (χ0n) is 19.8. The quantitative estimate of drug-likeness (QED) is 0.283. The molecule has 37 heavy (non-hydrogen) atoms. The van der Waals surface area contributed by atoms with E-state index in [1.165, 1.54) is 23.0 Å². The number of hydrogen-bond acceptors (Lipinski definition) is 7. The maximum Gasteiger partial charge on any atom is 0.294 e. The van der Waals surface area contributed by atoms with Crippen LogP contribution in [0, 0.1) is 5.82 Å². The monoisotopic (exact) mass is 517 g/mol. The lowest BCUT2D eigenvalue weighted by Gasteiger charge is -2.20. The maximum absolute atomic E-state index is 14.8. The van der Waals surface area contributed by atoms with Gasteiger partial charge in [0, 0.05) is 19.2 Å². The predicted molar refractivity (Wildman–Crippen MR) is 138 cm³/mol. The van der Waals surface area contributed by atoms with Gasteiger partial charge in [0.2, 0.25) is 5.76 Å². The average Bonchev–Trinajstić information content (AvgIpc) is 3.58. The molecule has 5 rings (SSSR count). The first-order chi connectivity index (χ1) is 17.9. The number of halogens is 2. The van der Waals surface area contributed by atoms with Crippen molar-refractivity contribution >= 4 is 28.9 Å². The summed E-state index contributed by atoms with van der Waals surface area (Å²) >= 11 is 6.39. The fraction of sp³-hybridized carbons (Fsp3) is 0.115. The van der Waals surface area contributed by atoms with Crippen LogP contribution in [0.5, 0.6) is 0 Å². The Labute approximate surface area is 216 Å². The third-order valence-electron chi connectivity index (χ3n) is 5.86. The predicted octanol–water partition coefficient (Wildman–Crippen LogP) is 5.75. The van der Waals surface area contributed by atoms with Crippen molar-refractivity contribution in [3.8, 4) is 22.5 Å². The van der Waals surface area contributed by atoms with Gasteiger partial charge in [-0.1, -0.05) is 59.2 Å². The van der Waals surface area contributed by atoms with Crippen LogP contribution >= 0.6 is 11.6 Å². The first kappa shape index (κ1) is 24.1. The Hall–Kier alpha value is -4.57. The van der Waals surface area contributed by atoms with E-state index >= 15 is 0 Å². The first-order valence-electron chi connectivity index (χ1n) is 11.3. The van der Waals surface area contributed by atoms with Crippen molar-refractivity contribution in [3.63, 3.8) is 0 Å². The average molecular weight is 518 g/mol. The van der Waals surface area contributed by atoms with Crippen LogP contribution in [0.1, 0.15) is 29.1 Å². The van der Waals surface area contributed by atoms with Gasteiger partial charge in [0.25, 0.3) is 5.91 Å². The van der Waals surface area contributed by atoms with Gasteiger partial charge in [0.1, 0.15) is 5.82 Å². The maximum atomic E-state index is 14.8. The number of hydrogen-bond donors (Lipinski definition) is 2. The highest BCUT2D eigenvalue weighted by Crippen LogP contribution is 2.35. The van der Waals surface area contributed by atoms with Crippen LogP contribution in [-0.2, 0) is 7.05 Å². The second kappa shape index (κ2) is 10.2. The molecule has 3 aromatic carbocycles. The first-order valence-corrected chi connectivity index (χ1v) is 11.7. The van der Waals surface area contributed by atoms with Crippen LogP contribution in [0.4, 0.5) is 15.8 Å². The van der Waals surface area contributed by atoms with Gasteiger partial charge < -0.3 is 15.2 Å². The zero-order valence-corrected chi connectivity index (χ0v) is 20.6. The van der Waals surface area contributed by atoms with E-state index in [-0.39, 0.29) is 11.8 Å². The molecule has 0 fully saturated rings. The molecule has 0 aliphatic carbocycles. The molecule has 1 unspecified atom stereocenters. The van der Waals surface area contributed by atoms with E-state index < -0.39 is 11.7 Å². The van der Waals surface area contributed by atoms with Gasteiger partial charge in [-0.25, -0.2) is 9.07 Å². The molecule has 0 saturated heterocycles. The summed E-state index contributed by atoms with van der Waals surface area (Å²) in [6, 6.07) is 19.2. The van der Waals surface area contributed by atoms with Gasteiger partial charge in [0.05, 0.1) is 28.2 Å². The third kappa shape index (κ3) is 4.91. The van der Waals surface area contributed by atoms with E-state index in [9.17, 15) is 9.18 Å². The van der Waals surface area contributed by atoms with Crippen molar-refractivity contribution in [1.82, 2.24) is 25.4 Å². The Bertz CT molecular complexity index is 1550. The van der Waals surface area contributed by atoms with Gasteiger partial charge >= 0.3 is 0 Å².